The minimum Gasteiger partial charge on any atom is -0.335 e. The van der Waals surface area contributed by atoms with Crippen LogP contribution in [0.1, 0.15) is 45.4 Å². The number of amides is 2. The van der Waals surface area contributed by atoms with Gasteiger partial charge in [0.15, 0.2) is 5.65 Å². The number of hydrogen-bond donors (Lipinski definition) is 1. The maximum absolute atomic E-state index is 12.3. The number of urea groups is 1. The van der Waals surface area contributed by atoms with Crippen molar-refractivity contribution in [2.45, 2.75) is 45.6 Å². The molecule has 1 aliphatic heterocycles. The zero-order chi connectivity index (χ0) is 16.4. The SMILES string of the molecule is CC(C)[C@@H](C)NC(=O)N1CCC(c2nnc3ccccn23)CC1. The van der Waals surface area contributed by atoms with E-state index in [-0.39, 0.29) is 12.1 Å². The van der Waals surface area contributed by atoms with Gasteiger partial charge in [0, 0.05) is 31.2 Å². The third-order valence-corrected chi connectivity index (χ3v) is 4.84. The molecule has 0 spiro atoms. The third kappa shape index (κ3) is 3.30. The van der Waals surface area contributed by atoms with Gasteiger partial charge in [0.1, 0.15) is 5.82 Å². The Morgan fingerprint density at radius 2 is 1.96 bits per heavy atom. The molecule has 6 heteroatoms. The summed E-state index contributed by atoms with van der Waals surface area (Å²) < 4.78 is 2.06. The smallest absolute Gasteiger partial charge is 0.317 e. The Morgan fingerprint density at radius 3 is 2.65 bits per heavy atom. The molecule has 2 aromatic heterocycles. The van der Waals surface area contributed by atoms with E-state index >= 15 is 0 Å². The average molecular weight is 315 g/mol. The minimum atomic E-state index is 0.0516. The van der Waals surface area contributed by atoms with E-state index in [2.05, 4.69) is 40.7 Å². The van der Waals surface area contributed by atoms with E-state index in [4.69, 9.17) is 0 Å². The summed E-state index contributed by atoms with van der Waals surface area (Å²) in [5.41, 5.74) is 0.883. The van der Waals surface area contributed by atoms with Gasteiger partial charge in [-0.25, -0.2) is 4.79 Å². The first kappa shape index (κ1) is 15.8. The van der Waals surface area contributed by atoms with Crippen LogP contribution in [0.15, 0.2) is 24.4 Å². The van der Waals surface area contributed by atoms with Gasteiger partial charge >= 0.3 is 6.03 Å². The van der Waals surface area contributed by atoms with Crippen molar-refractivity contribution in [1.82, 2.24) is 24.8 Å². The molecule has 1 aliphatic rings. The second-order valence-electron chi connectivity index (χ2n) is 6.73. The fraction of sp³-hybridized carbons (Fsp3) is 0.588. The second kappa shape index (κ2) is 6.56. The van der Waals surface area contributed by atoms with Gasteiger partial charge in [-0.05, 0) is 37.8 Å². The zero-order valence-corrected chi connectivity index (χ0v) is 14.1. The summed E-state index contributed by atoms with van der Waals surface area (Å²) in [6.45, 7) is 7.82. The molecule has 23 heavy (non-hydrogen) atoms. The fourth-order valence-electron chi connectivity index (χ4n) is 2.93. The van der Waals surface area contributed by atoms with E-state index in [9.17, 15) is 4.79 Å². The number of pyridine rings is 1. The van der Waals surface area contributed by atoms with Crippen molar-refractivity contribution in [3.63, 3.8) is 0 Å². The molecule has 6 nitrogen and oxygen atoms in total. The largest absolute Gasteiger partial charge is 0.335 e. The van der Waals surface area contributed by atoms with Crippen molar-refractivity contribution in [3.05, 3.63) is 30.2 Å². The van der Waals surface area contributed by atoms with Crippen molar-refractivity contribution in [1.29, 1.82) is 0 Å². The summed E-state index contributed by atoms with van der Waals surface area (Å²) >= 11 is 0. The number of piperidine rings is 1. The van der Waals surface area contributed by atoms with Crippen molar-refractivity contribution >= 4 is 11.7 Å². The van der Waals surface area contributed by atoms with E-state index in [0.29, 0.717) is 11.8 Å². The van der Waals surface area contributed by atoms with E-state index in [1.165, 1.54) is 0 Å². The van der Waals surface area contributed by atoms with Gasteiger partial charge in [-0.2, -0.15) is 0 Å². The van der Waals surface area contributed by atoms with E-state index in [1.807, 2.05) is 29.3 Å². The Balaban J connectivity index is 1.61. The van der Waals surface area contributed by atoms with Crippen LogP contribution in [0.5, 0.6) is 0 Å². The van der Waals surface area contributed by atoms with Crippen LogP contribution in [0, 0.1) is 5.92 Å². The van der Waals surface area contributed by atoms with Crippen molar-refractivity contribution in [2.75, 3.05) is 13.1 Å². The van der Waals surface area contributed by atoms with E-state index < -0.39 is 0 Å². The van der Waals surface area contributed by atoms with Crippen LogP contribution >= 0.6 is 0 Å². The van der Waals surface area contributed by atoms with Crippen LogP contribution in [-0.4, -0.2) is 44.7 Å². The molecule has 1 fully saturated rings. The standard InChI is InChI=1S/C17H25N5O/c1-12(2)13(3)18-17(23)21-10-7-14(8-11-21)16-20-19-15-6-4-5-9-22(15)16/h4-6,9,12-14H,7-8,10-11H2,1-3H3,(H,18,23)/t13-/m1/s1. The molecule has 0 unspecified atom stereocenters. The van der Waals surface area contributed by atoms with Crippen molar-refractivity contribution in [3.8, 4) is 0 Å². The lowest BCUT2D eigenvalue weighted by atomic mass is 9.96. The lowest BCUT2D eigenvalue weighted by molar-refractivity contribution is 0.174. The molecule has 3 rings (SSSR count). The number of nitrogens with zero attached hydrogens (tertiary/aromatic N) is 4. The molecule has 1 N–H and O–H groups in total. The maximum Gasteiger partial charge on any atom is 0.317 e. The molecular formula is C17H25N5O. The van der Waals surface area contributed by atoms with Gasteiger partial charge in [0.2, 0.25) is 0 Å². The molecule has 0 bridgehead atoms. The summed E-state index contributed by atoms with van der Waals surface area (Å²) in [5.74, 6) is 1.81. The molecule has 3 heterocycles. The molecule has 0 aromatic carbocycles. The molecule has 0 saturated carbocycles. The monoisotopic (exact) mass is 315 g/mol. The van der Waals surface area contributed by atoms with Crippen LogP contribution in [0.3, 0.4) is 0 Å². The topological polar surface area (TPSA) is 62.5 Å². The predicted molar refractivity (Wildman–Crippen MR) is 89.4 cm³/mol. The summed E-state index contributed by atoms with van der Waals surface area (Å²) in [6.07, 6.45) is 3.87. The maximum atomic E-state index is 12.3. The van der Waals surface area contributed by atoms with Gasteiger partial charge in [-0.1, -0.05) is 19.9 Å². The molecule has 0 aliphatic carbocycles. The van der Waals surface area contributed by atoms with Gasteiger partial charge in [-0.15, -0.1) is 10.2 Å². The molecule has 2 amide bonds. The van der Waals surface area contributed by atoms with Crippen LogP contribution in [-0.2, 0) is 0 Å². The third-order valence-electron chi connectivity index (χ3n) is 4.84. The predicted octanol–water partition coefficient (Wildman–Crippen LogP) is 2.66. The summed E-state index contributed by atoms with van der Waals surface area (Å²) in [4.78, 5) is 14.2. The first-order valence-corrected chi connectivity index (χ1v) is 8.41. The zero-order valence-electron chi connectivity index (χ0n) is 14.1. The van der Waals surface area contributed by atoms with Crippen LogP contribution < -0.4 is 5.32 Å². The molecule has 124 valence electrons. The fourth-order valence-corrected chi connectivity index (χ4v) is 2.93. The molecule has 2 aromatic rings. The summed E-state index contributed by atoms with van der Waals surface area (Å²) in [6, 6.07) is 6.18. The Labute approximate surface area is 136 Å². The van der Waals surface area contributed by atoms with Gasteiger partial charge in [-0.3, -0.25) is 4.40 Å². The lowest BCUT2D eigenvalue weighted by Crippen LogP contribution is -2.48. The number of carbonyl (C=O) groups is 1. The number of aromatic nitrogens is 3. The van der Waals surface area contributed by atoms with Crippen molar-refractivity contribution < 1.29 is 4.79 Å². The number of likely N-dealkylation sites (tertiary alicyclic amines) is 1. The molecule has 1 atom stereocenters. The molecule has 0 radical (unpaired) electrons. The number of carbonyl (C=O) groups excluding carboxylic acids is 1. The quantitative estimate of drug-likeness (QED) is 0.947. The van der Waals surface area contributed by atoms with E-state index in [0.717, 1.165) is 37.4 Å². The highest BCUT2D eigenvalue weighted by Crippen LogP contribution is 2.27. The number of nitrogens with one attached hydrogen (secondary N) is 1. The molecule has 1 saturated heterocycles. The Bertz CT molecular complexity index is 672. The highest BCUT2D eigenvalue weighted by atomic mass is 16.2. The first-order valence-electron chi connectivity index (χ1n) is 8.41. The molecular weight excluding hydrogens is 290 g/mol. The lowest BCUT2D eigenvalue weighted by Gasteiger charge is -2.32. The number of rotatable bonds is 3. The number of hydrogen-bond acceptors (Lipinski definition) is 3. The summed E-state index contributed by atoms with van der Waals surface area (Å²) in [7, 11) is 0. The number of fused-ring (bicyclic) bond motifs is 1. The normalized spacial score (nSPS) is 17.7. The minimum absolute atomic E-state index is 0.0516. The van der Waals surface area contributed by atoms with Gasteiger partial charge < -0.3 is 10.2 Å². The van der Waals surface area contributed by atoms with Crippen LogP contribution in [0.4, 0.5) is 4.79 Å². The van der Waals surface area contributed by atoms with Gasteiger partial charge in [0.05, 0.1) is 0 Å². The van der Waals surface area contributed by atoms with Crippen LogP contribution in [0.25, 0.3) is 5.65 Å². The Kier molecular flexibility index (Phi) is 4.50. The van der Waals surface area contributed by atoms with Crippen LogP contribution in [0.2, 0.25) is 0 Å². The van der Waals surface area contributed by atoms with Gasteiger partial charge in [0.25, 0.3) is 0 Å². The highest BCUT2D eigenvalue weighted by Gasteiger charge is 2.27. The first-order chi connectivity index (χ1) is 11.1. The Morgan fingerprint density at radius 1 is 1.22 bits per heavy atom. The second-order valence-corrected chi connectivity index (χ2v) is 6.73. The average Bonchev–Trinajstić information content (AvgIpc) is 2.99. The summed E-state index contributed by atoms with van der Waals surface area (Å²) in [5, 5.41) is 11.7. The highest BCUT2D eigenvalue weighted by molar-refractivity contribution is 5.74. The Hall–Kier alpha value is -2.11. The van der Waals surface area contributed by atoms with E-state index in [1.54, 1.807) is 0 Å². The van der Waals surface area contributed by atoms with Crippen molar-refractivity contribution in [2.24, 2.45) is 5.92 Å².